The molecular weight excluding hydrogens is 268 g/mol. The third kappa shape index (κ3) is 4.27. The number of thioether (sulfide) groups is 1. The Bertz CT molecular complexity index is 432. The Morgan fingerprint density at radius 1 is 1.25 bits per heavy atom. The van der Waals surface area contributed by atoms with Crippen LogP contribution in [0.5, 0.6) is 0 Å². The third-order valence-electron chi connectivity index (χ3n) is 4.45. The van der Waals surface area contributed by atoms with E-state index < -0.39 is 5.97 Å². The van der Waals surface area contributed by atoms with Gasteiger partial charge in [0, 0.05) is 5.25 Å². The van der Waals surface area contributed by atoms with Crippen molar-refractivity contribution in [2.75, 3.05) is 0 Å². The molecule has 0 aliphatic heterocycles. The molecule has 1 N–H and O–H groups in total. The summed E-state index contributed by atoms with van der Waals surface area (Å²) in [7, 11) is 0. The van der Waals surface area contributed by atoms with Gasteiger partial charge in [-0.3, -0.25) is 4.79 Å². The molecule has 3 heteroatoms. The lowest BCUT2D eigenvalue weighted by Crippen LogP contribution is -2.28. The molecule has 0 heterocycles. The Kier molecular flexibility index (Phi) is 5.53. The Morgan fingerprint density at radius 2 is 1.95 bits per heavy atom. The summed E-state index contributed by atoms with van der Waals surface area (Å²) in [4.78, 5) is 11.5. The molecule has 0 radical (unpaired) electrons. The highest BCUT2D eigenvalue weighted by Gasteiger charge is 2.29. The van der Waals surface area contributed by atoms with Gasteiger partial charge in [0.2, 0.25) is 0 Å². The predicted molar refractivity (Wildman–Crippen MR) is 85.1 cm³/mol. The standard InChI is InChI=1S/C17H24O2S/c1-12-8-9-15(10-13(12)2)20-16(17(18)19)11-14-6-4-3-5-7-14/h3-7,12-13,15-16H,8-11H2,1-2H3,(H,18,19). The minimum Gasteiger partial charge on any atom is -0.480 e. The number of rotatable bonds is 5. The fourth-order valence-electron chi connectivity index (χ4n) is 2.88. The largest absolute Gasteiger partial charge is 0.480 e. The maximum atomic E-state index is 11.5. The number of carbonyl (C=O) groups is 1. The van der Waals surface area contributed by atoms with E-state index in [2.05, 4.69) is 13.8 Å². The van der Waals surface area contributed by atoms with Gasteiger partial charge in [-0.25, -0.2) is 0 Å². The lowest BCUT2D eigenvalue weighted by Gasteiger charge is -2.33. The topological polar surface area (TPSA) is 37.3 Å². The highest BCUT2D eigenvalue weighted by molar-refractivity contribution is 8.01. The van der Waals surface area contributed by atoms with Crippen molar-refractivity contribution in [2.45, 2.75) is 50.0 Å². The van der Waals surface area contributed by atoms with Crippen LogP contribution >= 0.6 is 11.8 Å². The lowest BCUT2D eigenvalue weighted by atomic mass is 9.81. The first-order chi connectivity index (χ1) is 9.56. The second kappa shape index (κ2) is 7.16. The van der Waals surface area contributed by atoms with Crippen LogP contribution in [0.4, 0.5) is 0 Å². The van der Waals surface area contributed by atoms with Gasteiger partial charge in [0.05, 0.1) is 0 Å². The van der Waals surface area contributed by atoms with Crippen molar-refractivity contribution in [2.24, 2.45) is 11.8 Å². The normalized spacial score (nSPS) is 28.0. The van der Waals surface area contributed by atoms with Gasteiger partial charge in [0.25, 0.3) is 0 Å². The molecule has 110 valence electrons. The van der Waals surface area contributed by atoms with Crippen molar-refractivity contribution >= 4 is 17.7 Å². The van der Waals surface area contributed by atoms with Crippen LogP contribution in [0.25, 0.3) is 0 Å². The average molecular weight is 292 g/mol. The monoisotopic (exact) mass is 292 g/mol. The van der Waals surface area contributed by atoms with Crippen molar-refractivity contribution in [1.82, 2.24) is 0 Å². The van der Waals surface area contributed by atoms with Crippen LogP contribution in [0.3, 0.4) is 0 Å². The second-order valence-electron chi connectivity index (χ2n) is 6.04. The molecule has 1 aliphatic rings. The lowest BCUT2D eigenvalue weighted by molar-refractivity contribution is -0.136. The molecule has 0 aromatic heterocycles. The molecule has 20 heavy (non-hydrogen) atoms. The molecule has 1 fully saturated rings. The minimum atomic E-state index is -0.676. The van der Waals surface area contributed by atoms with Gasteiger partial charge in [-0.1, -0.05) is 44.2 Å². The van der Waals surface area contributed by atoms with Gasteiger partial charge >= 0.3 is 5.97 Å². The van der Waals surface area contributed by atoms with E-state index in [9.17, 15) is 9.90 Å². The average Bonchev–Trinajstić information content (AvgIpc) is 2.43. The molecule has 4 atom stereocenters. The molecule has 2 rings (SSSR count). The Balaban J connectivity index is 1.94. The van der Waals surface area contributed by atoms with Crippen molar-refractivity contribution in [3.63, 3.8) is 0 Å². The molecule has 4 unspecified atom stereocenters. The van der Waals surface area contributed by atoms with Gasteiger partial charge in [-0.05, 0) is 43.1 Å². The quantitative estimate of drug-likeness (QED) is 0.882. The molecule has 0 spiro atoms. The van der Waals surface area contributed by atoms with Crippen molar-refractivity contribution in [3.8, 4) is 0 Å². The van der Waals surface area contributed by atoms with Crippen molar-refractivity contribution in [1.29, 1.82) is 0 Å². The maximum Gasteiger partial charge on any atom is 0.316 e. The fraction of sp³-hybridized carbons (Fsp3) is 0.588. The summed E-state index contributed by atoms with van der Waals surface area (Å²) in [5, 5.41) is 9.65. The van der Waals surface area contributed by atoms with E-state index in [-0.39, 0.29) is 5.25 Å². The third-order valence-corrected chi connectivity index (χ3v) is 5.96. The summed E-state index contributed by atoms with van der Waals surface area (Å²) < 4.78 is 0. The van der Waals surface area contributed by atoms with E-state index in [1.54, 1.807) is 11.8 Å². The van der Waals surface area contributed by atoms with Crippen LogP contribution in [0.15, 0.2) is 30.3 Å². The van der Waals surface area contributed by atoms with Crippen molar-refractivity contribution in [3.05, 3.63) is 35.9 Å². The first-order valence-corrected chi connectivity index (χ1v) is 8.42. The maximum absolute atomic E-state index is 11.5. The van der Waals surface area contributed by atoms with Gasteiger partial charge in [-0.2, -0.15) is 0 Å². The number of hydrogen-bond donors (Lipinski definition) is 1. The highest BCUT2D eigenvalue weighted by Crippen LogP contribution is 2.38. The predicted octanol–water partition coefficient (Wildman–Crippen LogP) is 4.24. The van der Waals surface area contributed by atoms with Gasteiger partial charge < -0.3 is 5.11 Å². The summed E-state index contributed by atoms with van der Waals surface area (Å²) in [5.41, 5.74) is 1.12. The zero-order chi connectivity index (χ0) is 14.5. The van der Waals surface area contributed by atoms with E-state index >= 15 is 0 Å². The molecule has 0 bridgehead atoms. The van der Waals surface area contributed by atoms with E-state index in [1.165, 1.54) is 6.42 Å². The van der Waals surface area contributed by atoms with Crippen LogP contribution in [-0.4, -0.2) is 21.6 Å². The van der Waals surface area contributed by atoms with Crippen molar-refractivity contribution < 1.29 is 9.90 Å². The molecular formula is C17H24O2S. The Hall–Kier alpha value is -0.960. The van der Waals surface area contributed by atoms with E-state index in [1.807, 2.05) is 30.3 Å². The fourth-order valence-corrected chi connectivity index (χ4v) is 4.43. The molecule has 1 saturated carbocycles. The van der Waals surface area contributed by atoms with Gasteiger partial charge in [0.1, 0.15) is 5.25 Å². The summed E-state index contributed by atoms with van der Waals surface area (Å²) in [6.07, 6.45) is 4.18. The molecule has 2 nitrogen and oxygen atoms in total. The van der Waals surface area contributed by atoms with Crippen LogP contribution < -0.4 is 0 Å². The zero-order valence-corrected chi connectivity index (χ0v) is 13.1. The van der Waals surface area contributed by atoms with Crippen LogP contribution in [0.2, 0.25) is 0 Å². The second-order valence-corrected chi connectivity index (χ2v) is 7.55. The zero-order valence-electron chi connectivity index (χ0n) is 12.3. The first kappa shape index (κ1) is 15.4. The van der Waals surface area contributed by atoms with Crippen LogP contribution in [0, 0.1) is 11.8 Å². The smallest absolute Gasteiger partial charge is 0.316 e. The first-order valence-electron chi connectivity index (χ1n) is 7.48. The number of carboxylic acid groups (broad SMARTS) is 1. The van der Waals surface area contributed by atoms with E-state index in [4.69, 9.17) is 0 Å². The summed E-state index contributed by atoms with van der Waals surface area (Å²) >= 11 is 1.67. The molecule has 1 aromatic carbocycles. The Morgan fingerprint density at radius 3 is 2.55 bits per heavy atom. The molecule has 0 amide bonds. The Labute approximate surface area is 126 Å². The van der Waals surface area contributed by atoms with Crippen LogP contribution in [-0.2, 0) is 11.2 Å². The minimum absolute atomic E-state index is 0.317. The number of hydrogen-bond acceptors (Lipinski definition) is 2. The van der Waals surface area contributed by atoms with Gasteiger partial charge in [-0.15, -0.1) is 11.8 Å². The number of benzene rings is 1. The van der Waals surface area contributed by atoms with Gasteiger partial charge in [0.15, 0.2) is 0 Å². The summed E-state index contributed by atoms with van der Waals surface area (Å²) in [5.74, 6) is 0.821. The summed E-state index contributed by atoms with van der Waals surface area (Å²) in [6.45, 7) is 4.61. The summed E-state index contributed by atoms with van der Waals surface area (Å²) in [6, 6.07) is 9.95. The molecule has 1 aliphatic carbocycles. The number of aliphatic carboxylic acids is 1. The molecule has 0 saturated heterocycles. The number of carboxylic acids is 1. The van der Waals surface area contributed by atoms with E-state index in [0.717, 1.165) is 24.3 Å². The molecule has 1 aromatic rings. The van der Waals surface area contributed by atoms with Crippen LogP contribution in [0.1, 0.15) is 38.7 Å². The SMILES string of the molecule is CC1CCC(SC(Cc2ccccc2)C(=O)O)CC1C. The van der Waals surface area contributed by atoms with E-state index in [0.29, 0.717) is 17.6 Å². The highest BCUT2D eigenvalue weighted by atomic mass is 32.2.